The Labute approximate surface area is 96.1 Å². The number of carbonyl (C=O) groups is 1. The van der Waals surface area contributed by atoms with Gasteiger partial charge in [0.15, 0.2) is 5.60 Å². The first kappa shape index (κ1) is 12.7. The van der Waals surface area contributed by atoms with Gasteiger partial charge in [-0.25, -0.2) is 4.79 Å². The molecule has 0 aromatic heterocycles. The molecular weight excluding hydrogens is 204 g/mol. The van der Waals surface area contributed by atoms with Crippen molar-refractivity contribution in [2.45, 2.75) is 32.8 Å². The van der Waals surface area contributed by atoms with E-state index in [2.05, 4.69) is 0 Å². The highest BCUT2D eigenvalue weighted by Gasteiger charge is 2.39. The summed E-state index contributed by atoms with van der Waals surface area (Å²) in [5.41, 5.74) is 0.605. The smallest absolute Gasteiger partial charge is 0.340 e. The van der Waals surface area contributed by atoms with E-state index in [0.717, 1.165) is 5.56 Å². The molecule has 88 valence electrons. The van der Waals surface area contributed by atoms with Crippen LogP contribution in [-0.4, -0.2) is 17.7 Å². The van der Waals surface area contributed by atoms with Crippen molar-refractivity contribution in [2.24, 2.45) is 0 Å². The topological polar surface area (TPSA) is 46.5 Å². The second kappa shape index (κ2) is 5.12. The van der Waals surface area contributed by atoms with Crippen LogP contribution in [0.25, 0.3) is 0 Å². The van der Waals surface area contributed by atoms with Crippen LogP contribution in [0.2, 0.25) is 0 Å². The third-order valence-corrected chi connectivity index (χ3v) is 2.75. The van der Waals surface area contributed by atoms with Gasteiger partial charge in [-0.1, -0.05) is 36.8 Å². The minimum atomic E-state index is -1.21. The van der Waals surface area contributed by atoms with Crippen LogP contribution in [0.1, 0.15) is 31.4 Å². The van der Waals surface area contributed by atoms with Gasteiger partial charge in [0, 0.05) is 6.61 Å². The number of ether oxygens (including phenoxy) is 1. The van der Waals surface area contributed by atoms with Crippen LogP contribution in [0, 0.1) is 6.92 Å². The van der Waals surface area contributed by atoms with Crippen molar-refractivity contribution in [3.8, 4) is 0 Å². The van der Waals surface area contributed by atoms with Crippen LogP contribution < -0.4 is 0 Å². The average molecular weight is 222 g/mol. The fraction of sp³-hybridized carbons (Fsp3) is 0.462. The minimum Gasteiger partial charge on any atom is -0.479 e. The lowest BCUT2D eigenvalue weighted by molar-refractivity contribution is -0.167. The summed E-state index contributed by atoms with van der Waals surface area (Å²) in [4.78, 5) is 11.4. The van der Waals surface area contributed by atoms with Crippen molar-refractivity contribution < 1.29 is 14.6 Å². The number of hydrogen-bond donors (Lipinski definition) is 1. The zero-order valence-electron chi connectivity index (χ0n) is 9.99. The molecule has 0 aliphatic carbocycles. The molecule has 1 atom stereocenters. The van der Waals surface area contributed by atoms with Gasteiger partial charge in [0.25, 0.3) is 0 Å². The van der Waals surface area contributed by atoms with E-state index in [0.29, 0.717) is 18.6 Å². The van der Waals surface area contributed by atoms with Gasteiger partial charge < -0.3 is 9.84 Å². The third-order valence-electron chi connectivity index (χ3n) is 2.75. The fourth-order valence-electron chi connectivity index (χ4n) is 1.80. The largest absolute Gasteiger partial charge is 0.479 e. The number of hydrogen-bond acceptors (Lipinski definition) is 2. The van der Waals surface area contributed by atoms with E-state index in [4.69, 9.17) is 4.74 Å². The second-order valence-corrected chi connectivity index (χ2v) is 3.78. The lowest BCUT2D eigenvalue weighted by Crippen LogP contribution is -2.38. The summed E-state index contributed by atoms with van der Waals surface area (Å²) in [5.74, 6) is -0.930. The van der Waals surface area contributed by atoms with E-state index < -0.39 is 11.6 Å². The van der Waals surface area contributed by atoms with Gasteiger partial charge in [0.2, 0.25) is 0 Å². The summed E-state index contributed by atoms with van der Waals surface area (Å²) >= 11 is 0. The maximum atomic E-state index is 11.4. The minimum absolute atomic E-state index is 0.383. The van der Waals surface area contributed by atoms with E-state index in [1.165, 1.54) is 0 Å². The second-order valence-electron chi connectivity index (χ2n) is 3.78. The van der Waals surface area contributed by atoms with Gasteiger partial charge in [-0.05, 0) is 25.8 Å². The molecule has 0 amide bonds. The van der Waals surface area contributed by atoms with Crippen molar-refractivity contribution in [1.82, 2.24) is 0 Å². The van der Waals surface area contributed by atoms with Gasteiger partial charge in [0.1, 0.15) is 0 Å². The molecule has 1 N–H and O–H groups in total. The average Bonchev–Trinajstić information content (AvgIpc) is 2.27. The first-order valence-electron chi connectivity index (χ1n) is 5.51. The monoisotopic (exact) mass is 222 g/mol. The predicted molar refractivity (Wildman–Crippen MR) is 62.4 cm³/mol. The number of aryl methyl sites for hydroxylation is 1. The molecule has 0 fully saturated rings. The highest BCUT2D eigenvalue weighted by atomic mass is 16.5. The highest BCUT2D eigenvalue weighted by molar-refractivity contribution is 5.79. The van der Waals surface area contributed by atoms with Gasteiger partial charge in [-0.15, -0.1) is 0 Å². The van der Waals surface area contributed by atoms with Gasteiger partial charge in [0.05, 0.1) is 0 Å². The number of carboxylic acid groups (broad SMARTS) is 1. The molecular formula is C13H18O3. The first-order valence-corrected chi connectivity index (χ1v) is 5.51. The zero-order valence-corrected chi connectivity index (χ0v) is 9.99. The van der Waals surface area contributed by atoms with Gasteiger partial charge >= 0.3 is 5.97 Å². The summed E-state index contributed by atoms with van der Waals surface area (Å²) in [6.07, 6.45) is 0.416. The molecule has 0 aliphatic rings. The van der Waals surface area contributed by atoms with Gasteiger partial charge in [-0.3, -0.25) is 0 Å². The van der Waals surface area contributed by atoms with Crippen LogP contribution in [0.4, 0.5) is 0 Å². The SMILES string of the molecule is CCOC(CC)(C(=O)O)c1ccc(C)cc1. The van der Waals surface area contributed by atoms with Crippen molar-refractivity contribution in [1.29, 1.82) is 0 Å². The number of benzene rings is 1. The van der Waals surface area contributed by atoms with Gasteiger partial charge in [-0.2, -0.15) is 0 Å². The first-order chi connectivity index (χ1) is 7.56. The molecule has 1 aromatic rings. The maximum Gasteiger partial charge on any atom is 0.340 e. The standard InChI is InChI=1S/C13H18O3/c1-4-13(12(14)15,16-5-2)11-8-6-10(3)7-9-11/h6-9H,4-5H2,1-3H3,(H,14,15). The lowest BCUT2D eigenvalue weighted by Gasteiger charge is -2.28. The van der Waals surface area contributed by atoms with Crippen LogP contribution in [0.3, 0.4) is 0 Å². The predicted octanol–water partition coefficient (Wildman–Crippen LogP) is 2.72. The fourth-order valence-corrected chi connectivity index (χ4v) is 1.80. The van der Waals surface area contributed by atoms with E-state index in [1.807, 2.05) is 45.0 Å². The van der Waals surface area contributed by atoms with E-state index in [9.17, 15) is 9.90 Å². The van der Waals surface area contributed by atoms with Crippen LogP contribution >= 0.6 is 0 Å². The van der Waals surface area contributed by atoms with Crippen LogP contribution in [0.15, 0.2) is 24.3 Å². The quantitative estimate of drug-likeness (QED) is 0.833. The number of rotatable bonds is 5. The molecule has 3 nitrogen and oxygen atoms in total. The summed E-state index contributed by atoms with van der Waals surface area (Å²) in [6, 6.07) is 7.45. The Hall–Kier alpha value is -1.35. The molecule has 1 aromatic carbocycles. The Morgan fingerprint density at radius 3 is 2.25 bits per heavy atom. The van der Waals surface area contributed by atoms with Crippen LogP contribution in [0.5, 0.6) is 0 Å². The van der Waals surface area contributed by atoms with E-state index >= 15 is 0 Å². The number of aliphatic carboxylic acids is 1. The molecule has 0 saturated heterocycles. The zero-order chi connectivity index (χ0) is 12.2. The summed E-state index contributed by atoms with van der Waals surface area (Å²) < 4.78 is 5.47. The molecule has 0 heterocycles. The van der Waals surface area contributed by atoms with E-state index in [-0.39, 0.29) is 0 Å². The Morgan fingerprint density at radius 1 is 1.31 bits per heavy atom. The number of carboxylic acids is 1. The van der Waals surface area contributed by atoms with Crippen LogP contribution in [-0.2, 0) is 15.1 Å². The Balaban J connectivity index is 3.18. The van der Waals surface area contributed by atoms with Crippen molar-refractivity contribution >= 4 is 5.97 Å². The van der Waals surface area contributed by atoms with E-state index in [1.54, 1.807) is 0 Å². The molecule has 0 spiro atoms. The molecule has 0 saturated carbocycles. The Bertz CT molecular complexity index is 356. The normalized spacial score (nSPS) is 14.4. The molecule has 0 bridgehead atoms. The van der Waals surface area contributed by atoms with Crippen molar-refractivity contribution in [2.75, 3.05) is 6.61 Å². The lowest BCUT2D eigenvalue weighted by atomic mass is 9.90. The molecule has 1 rings (SSSR count). The third kappa shape index (κ3) is 2.25. The molecule has 0 aliphatic heterocycles. The maximum absolute atomic E-state index is 11.4. The molecule has 16 heavy (non-hydrogen) atoms. The van der Waals surface area contributed by atoms with Crippen molar-refractivity contribution in [3.63, 3.8) is 0 Å². The highest BCUT2D eigenvalue weighted by Crippen LogP contribution is 2.30. The molecule has 3 heteroatoms. The summed E-state index contributed by atoms with van der Waals surface area (Å²) in [6.45, 7) is 5.98. The molecule has 1 unspecified atom stereocenters. The Kier molecular flexibility index (Phi) is 4.07. The summed E-state index contributed by atoms with van der Waals surface area (Å²) in [5, 5.41) is 9.35. The summed E-state index contributed by atoms with van der Waals surface area (Å²) in [7, 11) is 0. The Morgan fingerprint density at radius 2 is 1.88 bits per heavy atom. The van der Waals surface area contributed by atoms with Crippen molar-refractivity contribution in [3.05, 3.63) is 35.4 Å². The molecule has 0 radical (unpaired) electrons.